The minimum absolute atomic E-state index is 0.0845. The largest absolute Gasteiger partial charge is 0.472 e. The molecular formula is C52H99NO7P+. The molecule has 0 bridgehead atoms. The molecule has 0 spiro atoms. The number of likely N-dealkylation sites (N-methyl/N-ethyl adjacent to an activating group) is 1. The molecule has 1 N–H and O–H groups in total. The molecule has 0 aliphatic carbocycles. The molecule has 8 nitrogen and oxygen atoms in total. The molecule has 0 saturated heterocycles. The Kier molecular flexibility index (Phi) is 43.9. The third-order valence-corrected chi connectivity index (χ3v) is 11.9. The Labute approximate surface area is 378 Å². The monoisotopic (exact) mass is 881 g/mol. The van der Waals surface area contributed by atoms with Gasteiger partial charge >= 0.3 is 13.8 Å². The Balaban J connectivity index is 4.16. The lowest BCUT2D eigenvalue weighted by Crippen LogP contribution is -2.37. The number of carbonyl (C=O) groups is 1. The van der Waals surface area contributed by atoms with E-state index in [2.05, 4.69) is 62.5 Å². The van der Waals surface area contributed by atoms with Gasteiger partial charge in [0.2, 0.25) is 0 Å². The summed E-state index contributed by atoms with van der Waals surface area (Å²) in [6.07, 6.45) is 55.9. The van der Waals surface area contributed by atoms with Crippen molar-refractivity contribution in [3.05, 3.63) is 48.6 Å². The molecule has 0 rings (SSSR count). The molecule has 0 aromatic heterocycles. The molecule has 2 atom stereocenters. The van der Waals surface area contributed by atoms with Crippen LogP contribution in [0.1, 0.15) is 219 Å². The molecule has 0 saturated carbocycles. The topological polar surface area (TPSA) is 91.3 Å². The first kappa shape index (κ1) is 59.5. The van der Waals surface area contributed by atoms with Crippen LogP contribution in [0.2, 0.25) is 0 Å². The summed E-state index contributed by atoms with van der Waals surface area (Å²) in [5.74, 6) is -0.318. The second-order valence-corrected chi connectivity index (χ2v) is 19.6. The molecule has 0 aromatic carbocycles. The summed E-state index contributed by atoms with van der Waals surface area (Å²) in [6, 6.07) is 0. The van der Waals surface area contributed by atoms with E-state index in [0.29, 0.717) is 24.1 Å². The van der Waals surface area contributed by atoms with Gasteiger partial charge in [-0.15, -0.1) is 0 Å². The zero-order chi connectivity index (χ0) is 44.8. The maximum atomic E-state index is 12.8. The molecule has 61 heavy (non-hydrogen) atoms. The van der Waals surface area contributed by atoms with Crippen molar-refractivity contribution in [2.45, 2.75) is 225 Å². The van der Waals surface area contributed by atoms with Crippen molar-refractivity contribution in [1.29, 1.82) is 0 Å². The van der Waals surface area contributed by atoms with Gasteiger partial charge in [0.15, 0.2) is 0 Å². The van der Waals surface area contributed by atoms with Gasteiger partial charge in [0.25, 0.3) is 0 Å². The quantitative estimate of drug-likeness (QED) is 0.0214. The molecule has 0 aliphatic rings. The number of allylic oxidation sites excluding steroid dienone is 8. The predicted molar refractivity (Wildman–Crippen MR) is 261 cm³/mol. The number of ether oxygens (including phenoxy) is 2. The van der Waals surface area contributed by atoms with E-state index in [1.165, 1.54) is 128 Å². The van der Waals surface area contributed by atoms with Crippen LogP contribution in [0.5, 0.6) is 0 Å². The van der Waals surface area contributed by atoms with Crippen LogP contribution in [0.25, 0.3) is 0 Å². The van der Waals surface area contributed by atoms with Gasteiger partial charge in [-0.05, 0) is 51.4 Å². The summed E-state index contributed by atoms with van der Waals surface area (Å²) in [6.45, 7) is 5.49. The van der Waals surface area contributed by atoms with Gasteiger partial charge in [0.05, 0.1) is 34.4 Å². The average molecular weight is 881 g/mol. The van der Waals surface area contributed by atoms with Crippen LogP contribution < -0.4 is 0 Å². The van der Waals surface area contributed by atoms with Crippen molar-refractivity contribution in [2.24, 2.45) is 0 Å². The van der Waals surface area contributed by atoms with Crippen molar-refractivity contribution >= 4 is 13.8 Å². The standard InChI is InChI=1S/C52H98NO7P/c1-6-8-10-12-14-16-18-20-22-24-26-27-28-29-31-33-35-37-39-41-43-45-52(54)60-51(50-59-61(55,56)58-48-46-53(3,4)5)49-57-47-44-42-40-38-36-34-32-30-25-23-21-19-17-15-13-11-9-7-2/h9,11,15,17,21,23,30,32,51H,6-8,10,12-14,16,18-20,22,24-29,31,33-50H2,1-5H3/p+1/b11-9-,17-15-,23-21-,32-30-. The van der Waals surface area contributed by atoms with Gasteiger partial charge in [-0.1, -0.05) is 210 Å². The minimum Gasteiger partial charge on any atom is -0.457 e. The molecule has 0 heterocycles. The number of phosphoric acid groups is 1. The average Bonchev–Trinajstić information content (AvgIpc) is 3.22. The van der Waals surface area contributed by atoms with E-state index in [4.69, 9.17) is 18.5 Å². The number of rotatable bonds is 47. The molecule has 0 aliphatic heterocycles. The van der Waals surface area contributed by atoms with E-state index in [9.17, 15) is 14.3 Å². The number of unbranched alkanes of at least 4 members (excludes halogenated alkanes) is 25. The SMILES string of the molecule is CC/C=C\C/C=C\C/C=C\C/C=C\CCCCCCCOCC(COP(=O)(O)OCC[N+](C)(C)C)OC(=O)CCCCCCCCCCCCCCCCCCCCCCC. The van der Waals surface area contributed by atoms with Crippen molar-refractivity contribution in [2.75, 3.05) is 54.1 Å². The van der Waals surface area contributed by atoms with Gasteiger partial charge in [-0.3, -0.25) is 13.8 Å². The maximum absolute atomic E-state index is 12.8. The van der Waals surface area contributed by atoms with Crippen molar-refractivity contribution in [1.82, 2.24) is 0 Å². The minimum atomic E-state index is -4.28. The van der Waals surface area contributed by atoms with Gasteiger partial charge in [-0.2, -0.15) is 0 Å². The second kappa shape index (κ2) is 45.0. The third kappa shape index (κ3) is 49.3. The summed E-state index contributed by atoms with van der Waals surface area (Å²) < 4.78 is 35.1. The lowest BCUT2D eigenvalue weighted by atomic mass is 10.0. The fraction of sp³-hybridized carbons (Fsp3) is 0.827. The van der Waals surface area contributed by atoms with Crippen molar-refractivity contribution in [3.8, 4) is 0 Å². The lowest BCUT2D eigenvalue weighted by Gasteiger charge is -2.24. The Morgan fingerprint density at radius 2 is 0.951 bits per heavy atom. The highest BCUT2D eigenvalue weighted by molar-refractivity contribution is 7.47. The maximum Gasteiger partial charge on any atom is 0.472 e. The first-order valence-corrected chi connectivity index (χ1v) is 26.9. The van der Waals surface area contributed by atoms with Crippen LogP contribution in [0.15, 0.2) is 48.6 Å². The number of phosphoric ester groups is 1. The fourth-order valence-electron chi connectivity index (χ4n) is 7.02. The van der Waals surface area contributed by atoms with E-state index in [0.717, 1.165) is 70.6 Å². The highest BCUT2D eigenvalue weighted by atomic mass is 31.2. The Bertz CT molecular complexity index is 1120. The lowest BCUT2D eigenvalue weighted by molar-refractivity contribution is -0.870. The molecule has 2 unspecified atom stereocenters. The first-order chi connectivity index (χ1) is 29.6. The van der Waals surface area contributed by atoms with Crippen molar-refractivity contribution < 1.29 is 37.3 Å². The molecule has 0 radical (unpaired) electrons. The number of nitrogens with zero attached hydrogens (tertiary/aromatic N) is 1. The zero-order valence-corrected chi connectivity index (χ0v) is 41.5. The van der Waals surface area contributed by atoms with Crippen LogP contribution in [0.4, 0.5) is 0 Å². The summed E-state index contributed by atoms with van der Waals surface area (Å²) >= 11 is 0. The molecule has 0 aromatic rings. The van der Waals surface area contributed by atoms with Crippen LogP contribution in [-0.2, 0) is 27.9 Å². The van der Waals surface area contributed by atoms with E-state index in [-0.39, 0.29) is 25.8 Å². The van der Waals surface area contributed by atoms with Gasteiger partial charge < -0.3 is 18.9 Å². The molecular weight excluding hydrogens is 782 g/mol. The Morgan fingerprint density at radius 3 is 1.43 bits per heavy atom. The van der Waals surface area contributed by atoms with Gasteiger partial charge in [-0.25, -0.2) is 4.57 Å². The zero-order valence-electron chi connectivity index (χ0n) is 40.7. The Hall–Kier alpha value is -1.54. The molecule has 358 valence electrons. The predicted octanol–water partition coefficient (Wildman–Crippen LogP) is 15.5. The van der Waals surface area contributed by atoms with E-state index in [1.54, 1.807) is 0 Å². The van der Waals surface area contributed by atoms with Crippen molar-refractivity contribution in [3.63, 3.8) is 0 Å². The normalized spacial score (nSPS) is 14.0. The van der Waals surface area contributed by atoms with Crippen LogP contribution in [-0.4, -0.2) is 75.6 Å². The second-order valence-electron chi connectivity index (χ2n) is 18.2. The Morgan fingerprint density at radius 1 is 0.525 bits per heavy atom. The van der Waals surface area contributed by atoms with E-state index < -0.39 is 13.9 Å². The third-order valence-electron chi connectivity index (χ3n) is 10.9. The van der Waals surface area contributed by atoms with E-state index >= 15 is 0 Å². The number of hydrogen-bond acceptors (Lipinski definition) is 6. The number of quaternary nitrogens is 1. The molecule has 9 heteroatoms. The van der Waals surface area contributed by atoms with Crippen LogP contribution in [0, 0.1) is 0 Å². The number of hydrogen-bond donors (Lipinski definition) is 1. The highest BCUT2D eigenvalue weighted by Crippen LogP contribution is 2.43. The highest BCUT2D eigenvalue weighted by Gasteiger charge is 2.26. The van der Waals surface area contributed by atoms with Gasteiger partial charge in [0.1, 0.15) is 19.3 Å². The smallest absolute Gasteiger partial charge is 0.457 e. The number of carbonyl (C=O) groups excluding carboxylic acids is 1. The first-order valence-electron chi connectivity index (χ1n) is 25.4. The fourth-order valence-corrected chi connectivity index (χ4v) is 7.76. The molecule has 0 amide bonds. The van der Waals surface area contributed by atoms with E-state index in [1.807, 2.05) is 21.1 Å². The number of esters is 1. The summed E-state index contributed by atoms with van der Waals surface area (Å²) in [7, 11) is 1.66. The summed E-state index contributed by atoms with van der Waals surface area (Å²) in [5, 5.41) is 0. The van der Waals surface area contributed by atoms with Gasteiger partial charge in [0, 0.05) is 13.0 Å². The van der Waals surface area contributed by atoms with Crippen LogP contribution in [0.3, 0.4) is 0 Å². The molecule has 0 fully saturated rings. The summed E-state index contributed by atoms with van der Waals surface area (Å²) in [5.41, 5.74) is 0. The van der Waals surface area contributed by atoms with Crippen LogP contribution >= 0.6 is 7.82 Å². The summed E-state index contributed by atoms with van der Waals surface area (Å²) in [4.78, 5) is 23.0.